The van der Waals surface area contributed by atoms with E-state index < -0.39 is 6.10 Å². The maximum Gasteiger partial charge on any atom is 0.166 e. The van der Waals surface area contributed by atoms with E-state index in [4.69, 9.17) is 10.8 Å². The van der Waals surface area contributed by atoms with Crippen molar-refractivity contribution >= 4 is 28.5 Å². The van der Waals surface area contributed by atoms with Gasteiger partial charge in [-0.1, -0.05) is 11.8 Å². The van der Waals surface area contributed by atoms with Gasteiger partial charge >= 0.3 is 0 Å². The predicted octanol–water partition coefficient (Wildman–Crippen LogP) is 0.590. The van der Waals surface area contributed by atoms with Crippen molar-refractivity contribution in [2.45, 2.75) is 11.3 Å². The van der Waals surface area contributed by atoms with E-state index in [0.717, 1.165) is 11.0 Å². The van der Waals surface area contributed by atoms with Crippen molar-refractivity contribution in [3.05, 3.63) is 18.2 Å². The van der Waals surface area contributed by atoms with Crippen LogP contribution in [-0.2, 0) is 0 Å². The highest BCUT2D eigenvalue weighted by Gasteiger charge is 2.07. The Labute approximate surface area is 96.7 Å². The molecule has 0 spiro atoms. The Morgan fingerprint density at radius 2 is 2.31 bits per heavy atom. The van der Waals surface area contributed by atoms with Crippen LogP contribution in [0.4, 0.5) is 5.69 Å². The first kappa shape index (κ1) is 11.3. The maximum atomic E-state index is 9.21. The van der Waals surface area contributed by atoms with Crippen LogP contribution in [0.1, 0.15) is 0 Å². The Balaban J connectivity index is 2.13. The maximum absolute atomic E-state index is 9.21. The molecule has 0 saturated heterocycles. The van der Waals surface area contributed by atoms with Gasteiger partial charge in [-0.2, -0.15) is 0 Å². The fraction of sp³-hybridized carbons (Fsp3) is 0.300. The Morgan fingerprint density at radius 3 is 3.06 bits per heavy atom. The lowest BCUT2D eigenvalue weighted by Crippen LogP contribution is -2.14. The third kappa shape index (κ3) is 2.46. The first-order chi connectivity index (χ1) is 7.69. The number of nitrogens with zero attached hydrogens (tertiary/aromatic N) is 1. The number of aliphatic hydroxyl groups excluding tert-OH is 2. The number of H-pyrrole nitrogens is 1. The second-order valence-electron chi connectivity index (χ2n) is 3.47. The van der Waals surface area contributed by atoms with Crippen LogP contribution in [0.15, 0.2) is 23.4 Å². The van der Waals surface area contributed by atoms with Gasteiger partial charge in [0.2, 0.25) is 0 Å². The van der Waals surface area contributed by atoms with E-state index in [2.05, 4.69) is 9.97 Å². The minimum Gasteiger partial charge on any atom is -0.399 e. The monoisotopic (exact) mass is 239 g/mol. The van der Waals surface area contributed by atoms with Crippen LogP contribution < -0.4 is 5.73 Å². The molecule has 2 aromatic rings. The van der Waals surface area contributed by atoms with Crippen LogP contribution >= 0.6 is 11.8 Å². The molecule has 0 bridgehead atoms. The fourth-order valence-corrected chi connectivity index (χ4v) is 2.10. The summed E-state index contributed by atoms with van der Waals surface area (Å²) < 4.78 is 0. The number of nitrogens with two attached hydrogens (primary N) is 1. The van der Waals surface area contributed by atoms with Gasteiger partial charge in [-0.25, -0.2) is 4.98 Å². The number of aromatic amines is 1. The number of nitrogen functional groups attached to an aromatic ring is 1. The van der Waals surface area contributed by atoms with E-state index in [1.807, 2.05) is 12.1 Å². The Bertz CT molecular complexity index is 486. The molecule has 1 atom stereocenters. The van der Waals surface area contributed by atoms with Crippen LogP contribution in [0, 0.1) is 0 Å². The van der Waals surface area contributed by atoms with Gasteiger partial charge in [-0.3, -0.25) is 0 Å². The zero-order valence-corrected chi connectivity index (χ0v) is 9.37. The molecule has 0 aliphatic heterocycles. The topological polar surface area (TPSA) is 95.2 Å². The van der Waals surface area contributed by atoms with Gasteiger partial charge in [0.15, 0.2) is 5.16 Å². The molecule has 5 nitrogen and oxygen atoms in total. The zero-order chi connectivity index (χ0) is 11.5. The van der Waals surface area contributed by atoms with Crippen molar-refractivity contribution in [1.82, 2.24) is 9.97 Å². The number of hydrogen-bond donors (Lipinski definition) is 4. The van der Waals surface area contributed by atoms with E-state index in [-0.39, 0.29) is 6.61 Å². The van der Waals surface area contributed by atoms with Gasteiger partial charge in [0.05, 0.1) is 23.7 Å². The molecule has 5 N–H and O–H groups in total. The second kappa shape index (κ2) is 4.73. The summed E-state index contributed by atoms with van der Waals surface area (Å²) in [6.45, 7) is -0.236. The van der Waals surface area contributed by atoms with Gasteiger partial charge in [0.25, 0.3) is 0 Å². The molecule has 6 heteroatoms. The summed E-state index contributed by atoms with van der Waals surface area (Å²) in [5.74, 6) is 0.409. The molecule has 1 aromatic heterocycles. The van der Waals surface area contributed by atoms with Gasteiger partial charge < -0.3 is 20.9 Å². The third-order valence-electron chi connectivity index (χ3n) is 2.11. The number of aromatic nitrogens is 2. The summed E-state index contributed by atoms with van der Waals surface area (Å²) in [6.07, 6.45) is -0.719. The lowest BCUT2D eigenvalue weighted by atomic mass is 10.3. The molecule has 86 valence electrons. The number of nitrogens with one attached hydrogen (secondary N) is 1. The first-order valence-corrected chi connectivity index (χ1v) is 5.84. The number of benzene rings is 1. The largest absolute Gasteiger partial charge is 0.399 e. The smallest absolute Gasteiger partial charge is 0.166 e. The van der Waals surface area contributed by atoms with Gasteiger partial charge in [-0.15, -0.1) is 0 Å². The number of rotatable bonds is 4. The molecule has 2 rings (SSSR count). The minimum atomic E-state index is -0.719. The van der Waals surface area contributed by atoms with E-state index >= 15 is 0 Å². The molecule has 1 heterocycles. The molecule has 0 radical (unpaired) electrons. The molecule has 1 unspecified atom stereocenters. The summed E-state index contributed by atoms with van der Waals surface area (Å²) in [4.78, 5) is 7.41. The second-order valence-corrected chi connectivity index (χ2v) is 4.47. The van der Waals surface area contributed by atoms with E-state index in [1.54, 1.807) is 6.07 Å². The average Bonchev–Trinajstić information content (AvgIpc) is 2.67. The third-order valence-corrected chi connectivity index (χ3v) is 3.13. The number of thioether (sulfide) groups is 1. The Kier molecular flexibility index (Phi) is 3.33. The Hall–Kier alpha value is -1.24. The van der Waals surface area contributed by atoms with Crippen LogP contribution in [0.5, 0.6) is 0 Å². The number of anilines is 1. The quantitative estimate of drug-likeness (QED) is 0.462. The lowest BCUT2D eigenvalue weighted by molar-refractivity contribution is 0.113. The van der Waals surface area contributed by atoms with Crippen LogP contribution in [-0.4, -0.2) is 38.6 Å². The van der Waals surface area contributed by atoms with E-state index in [0.29, 0.717) is 16.6 Å². The van der Waals surface area contributed by atoms with Crippen molar-refractivity contribution < 1.29 is 10.2 Å². The van der Waals surface area contributed by atoms with Crippen LogP contribution in [0.25, 0.3) is 11.0 Å². The number of fused-ring (bicyclic) bond motifs is 1. The standard InChI is InChI=1S/C10H13N3O2S/c11-6-1-2-8-9(3-6)13-10(12-8)16-5-7(15)4-14/h1-3,7,14-15H,4-5,11H2,(H,12,13). The molecule has 16 heavy (non-hydrogen) atoms. The van der Waals surface area contributed by atoms with Crippen molar-refractivity contribution in [1.29, 1.82) is 0 Å². The summed E-state index contributed by atoms with van der Waals surface area (Å²) >= 11 is 1.37. The highest BCUT2D eigenvalue weighted by atomic mass is 32.2. The molecule has 0 amide bonds. The summed E-state index contributed by atoms with van der Waals surface area (Å²) in [5.41, 5.74) is 8.05. The van der Waals surface area contributed by atoms with Crippen molar-refractivity contribution in [3.8, 4) is 0 Å². The predicted molar refractivity (Wildman–Crippen MR) is 64.3 cm³/mol. The normalized spacial score (nSPS) is 13.1. The number of aliphatic hydroxyl groups is 2. The fourth-order valence-electron chi connectivity index (χ4n) is 1.30. The van der Waals surface area contributed by atoms with Crippen LogP contribution in [0.3, 0.4) is 0 Å². The minimum absolute atomic E-state index is 0.236. The molecular weight excluding hydrogens is 226 g/mol. The molecule has 0 saturated carbocycles. The van der Waals surface area contributed by atoms with Crippen LogP contribution in [0.2, 0.25) is 0 Å². The molecular formula is C10H13N3O2S. The molecule has 0 aliphatic rings. The summed E-state index contributed by atoms with van der Waals surface area (Å²) in [5, 5.41) is 18.6. The number of hydrogen-bond acceptors (Lipinski definition) is 5. The lowest BCUT2D eigenvalue weighted by Gasteiger charge is -2.03. The van der Waals surface area contributed by atoms with Gasteiger partial charge in [-0.05, 0) is 18.2 Å². The van der Waals surface area contributed by atoms with E-state index in [9.17, 15) is 5.11 Å². The molecule has 0 fully saturated rings. The SMILES string of the molecule is Nc1ccc2nc(SCC(O)CO)[nH]c2c1. The first-order valence-electron chi connectivity index (χ1n) is 4.86. The molecule has 1 aromatic carbocycles. The molecule has 0 aliphatic carbocycles. The highest BCUT2D eigenvalue weighted by Crippen LogP contribution is 2.21. The highest BCUT2D eigenvalue weighted by molar-refractivity contribution is 7.99. The average molecular weight is 239 g/mol. The van der Waals surface area contributed by atoms with Crippen molar-refractivity contribution in [3.63, 3.8) is 0 Å². The summed E-state index contributed by atoms with van der Waals surface area (Å²) in [7, 11) is 0. The zero-order valence-electron chi connectivity index (χ0n) is 8.55. The summed E-state index contributed by atoms with van der Waals surface area (Å²) in [6, 6.07) is 5.45. The number of imidazole rings is 1. The van der Waals surface area contributed by atoms with Crippen molar-refractivity contribution in [2.24, 2.45) is 0 Å². The van der Waals surface area contributed by atoms with Crippen molar-refractivity contribution in [2.75, 3.05) is 18.1 Å². The van der Waals surface area contributed by atoms with Gasteiger partial charge in [0, 0.05) is 11.4 Å². The van der Waals surface area contributed by atoms with Gasteiger partial charge in [0.1, 0.15) is 0 Å². The Morgan fingerprint density at radius 1 is 1.50 bits per heavy atom. The van der Waals surface area contributed by atoms with E-state index in [1.165, 1.54) is 11.8 Å².